The lowest BCUT2D eigenvalue weighted by Gasteiger charge is -2.05. The smallest absolute Gasteiger partial charge is 0.247 e. The van der Waals surface area contributed by atoms with E-state index in [1.165, 1.54) is 19.2 Å². The largest absolute Gasteiger partial charge is 0.497 e. The minimum Gasteiger partial charge on any atom is -0.497 e. The van der Waals surface area contributed by atoms with Crippen molar-refractivity contribution in [1.82, 2.24) is 14.9 Å². The fraction of sp³-hybridized carbons (Fsp3) is 0.176. The highest BCUT2D eigenvalue weighted by Gasteiger charge is 2.16. The Morgan fingerprint density at radius 1 is 1.00 bits per heavy atom. The number of aromatic nitrogens is 2. The van der Waals surface area contributed by atoms with Crippen LogP contribution in [0, 0.1) is 0 Å². The molecule has 0 spiro atoms. The van der Waals surface area contributed by atoms with Crippen molar-refractivity contribution in [2.24, 2.45) is 0 Å². The van der Waals surface area contributed by atoms with E-state index >= 15 is 0 Å². The number of methoxy groups -OCH3 is 2. The summed E-state index contributed by atoms with van der Waals surface area (Å²) in [6, 6.07) is 13.2. The first kappa shape index (κ1) is 17.9. The molecule has 1 heterocycles. The van der Waals surface area contributed by atoms with Gasteiger partial charge >= 0.3 is 0 Å². The molecule has 0 aliphatic rings. The molecule has 0 radical (unpaired) electrons. The molecule has 0 atom stereocenters. The predicted octanol–water partition coefficient (Wildman–Crippen LogP) is 2.23. The van der Waals surface area contributed by atoms with Gasteiger partial charge in [-0.1, -0.05) is 6.07 Å². The molecule has 3 rings (SSSR count). The van der Waals surface area contributed by atoms with Crippen LogP contribution in [-0.4, -0.2) is 32.8 Å². The van der Waals surface area contributed by atoms with Crippen molar-refractivity contribution in [3.8, 4) is 23.0 Å². The maximum Gasteiger partial charge on any atom is 0.247 e. The van der Waals surface area contributed by atoms with Gasteiger partial charge in [0.25, 0.3) is 0 Å². The zero-order valence-electron chi connectivity index (χ0n) is 14.2. The summed E-state index contributed by atoms with van der Waals surface area (Å²) in [5, 5.41) is 7.80. The van der Waals surface area contributed by atoms with Crippen LogP contribution < -0.4 is 14.2 Å². The van der Waals surface area contributed by atoms with Crippen molar-refractivity contribution in [3.05, 3.63) is 54.4 Å². The van der Waals surface area contributed by atoms with Gasteiger partial charge in [-0.15, -0.1) is 10.2 Å². The van der Waals surface area contributed by atoms with Crippen molar-refractivity contribution in [2.75, 3.05) is 14.2 Å². The number of nitrogens with one attached hydrogen (secondary N) is 1. The molecule has 0 aliphatic heterocycles. The van der Waals surface area contributed by atoms with Crippen molar-refractivity contribution >= 4 is 10.0 Å². The summed E-state index contributed by atoms with van der Waals surface area (Å²) in [7, 11) is -0.630. The Morgan fingerprint density at radius 3 is 2.42 bits per heavy atom. The van der Waals surface area contributed by atoms with Gasteiger partial charge in [0.1, 0.15) is 11.5 Å². The first-order chi connectivity index (χ1) is 12.5. The first-order valence-corrected chi connectivity index (χ1v) is 9.10. The molecular formula is C17H17N3O5S. The lowest BCUT2D eigenvalue weighted by Crippen LogP contribution is -2.23. The van der Waals surface area contributed by atoms with Gasteiger partial charge in [-0.25, -0.2) is 13.1 Å². The van der Waals surface area contributed by atoms with Gasteiger partial charge < -0.3 is 13.9 Å². The number of sulfonamides is 1. The Morgan fingerprint density at radius 2 is 1.73 bits per heavy atom. The van der Waals surface area contributed by atoms with E-state index in [1.807, 2.05) is 0 Å². The van der Waals surface area contributed by atoms with Crippen molar-refractivity contribution in [1.29, 1.82) is 0 Å². The highest BCUT2D eigenvalue weighted by molar-refractivity contribution is 7.89. The highest BCUT2D eigenvalue weighted by Crippen LogP contribution is 2.22. The average molecular weight is 375 g/mol. The molecule has 0 aliphatic carbocycles. The molecular weight excluding hydrogens is 358 g/mol. The zero-order chi connectivity index (χ0) is 18.6. The van der Waals surface area contributed by atoms with E-state index < -0.39 is 10.0 Å². The summed E-state index contributed by atoms with van der Waals surface area (Å²) in [5.74, 6) is 1.66. The van der Waals surface area contributed by atoms with Gasteiger partial charge in [0, 0.05) is 5.56 Å². The Balaban J connectivity index is 1.70. The maximum absolute atomic E-state index is 12.3. The van der Waals surface area contributed by atoms with Crippen LogP contribution in [0.5, 0.6) is 11.5 Å². The standard InChI is InChI=1S/C17H17N3O5S/c1-23-13-6-8-15(9-7-13)26(21,22)18-11-16-19-20-17(25-16)12-4-3-5-14(10-12)24-2/h3-10,18H,11H2,1-2H3. The molecule has 0 fully saturated rings. The third-order valence-electron chi connectivity index (χ3n) is 3.57. The minimum atomic E-state index is -3.70. The number of ether oxygens (including phenoxy) is 2. The van der Waals surface area contributed by atoms with E-state index in [0.717, 1.165) is 0 Å². The number of rotatable bonds is 7. The lowest BCUT2D eigenvalue weighted by atomic mass is 10.2. The van der Waals surface area contributed by atoms with Gasteiger partial charge in [0.05, 0.1) is 25.7 Å². The summed E-state index contributed by atoms with van der Waals surface area (Å²) < 4.78 is 42.7. The normalized spacial score (nSPS) is 11.3. The van der Waals surface area contributed by atoms with E-state index in [-0.39, 0.29) is 23.2 Å². The molecule has 3 aromatic rings. The van der Waals surface area contributed by atoms with Gasteiger partial charge in [-0.2, -0.15) is 0 Å². The van der Waals surface area contributed by atoms with Crippen molar-refractivity contribution in [2.45, 2.75) is 11.4 Å². The Labute approximate surface area is 150 Å². The summed E-state index contributed by atoms with van der Waals surface area (Å²) in [5.41, 5.74) is 0.682. The van der Waals surface area contributed by atoms with Crippen molar-refractivity contribution in [3.63, 3.8) is 0 Å². The molecule has 8 nitrogen and oxygen atoms in total. The van der Waals surface area contributed by atoms with Gasteiger partial charge in [0.15, 0.2) is 0 Å². The molecule has 0 unspecified atom stereocenters. The minimum absolute atomic E-state index is 0.117. The predicted molar refractivity (Wildman–Crippen MR) is 93.3 cm³/mol. The van der Waals surface area contributed by atoms with Crippen LogP contribution in [0.1, 0.15) is 5.89 Å². The molecule has 0 saturated carbocycles. The molecule has 136 valence electrons. The van der Waals surface area contributed by atoms with Crippen LogP contribution in [-0.2, 0) is 16.6 Å². The third kappa shape index (κ3) is 4.01. The molecule has 26 heavy (non-hydrogen) atoms. The molecule has 1 N–H and O–H groups in total. The van der Waals surface area contributed by atoms with Crippen LogP contribution in [0.2, 0.25) is 0 Å². The molecule has 0 saturated heterocycles. The maximum atomic E-state index is 12.3. The van der Waals surface area contributed by atoms with Gasteiger partial charge in [-0.05, 0) is 42.5 Å². The number of nitrogens with zero attached hydrogens (tertiary/aromatic N) is 2. The van der Waals surface area contributed by atoms with Crippen LogP contribution >= 0.6 is 0 Å². The number of hydrogen-bond acceptors (Lipinski definition) is 7. The molecule has 1 aromatic heterocycles. The SMILES string of the molecule is COc1ccc(S(=O)(=O)NCc2nnc(-c3cccc(OC)c3)o2)cc1. The summed E-state index contributed by atoms with van der Waals surface area (Å²) in [4.78, 5) is 0.117. The number of hydrogen-bond donors (Lipinski definition) is 1. The topological polar surface area (TPSA) is 104 Å². The van der Waals surface area contributed by atoms with Crippen molar-refractivity contribution < 1.29 is 22.3 Å². The first-order valence-electron chi connectivity index (χ1n) is 7.62. The second kappa shape index (κ2) is 7.54. The van der Waals surface area contributed by atoms with Crippen LogP contribution in [0.15, 0.2) is 57.8 Å². The average Bonchev–Trinajstić information content (AvgIpc) is 3.16. The zero-order valence-corrected chi connectivity index (χ0v) is 15.0. The van der Waals surface area contributed by atoms with Crippen LogP contribution in [0.4, 0.5) is 0 Å². The van der Waals surface area contributed by atoms with E-state index in [1.54, 1.807) is 43.5 Å². The lowest BCUT2D eigenvalue weighted by molar-refractivity contribution is 0.414. The second-order valence-electron chi connectivity index (χ2n) is 5.23. The highest BCUT2D eigenvalue weighted by atomic mass is 32.2. The summed E-state index contributed by atoms with van der Waals surface area (Å²) in [6.45, 7) is -0.120. The third-order valence-corrected chi connectivity index (χ3v) is 4.98. The molecule has 2 aromatic carbocycles. The van der Waals surface area contributed by atoms with Crippen LogP contribution in [0.3, 0.4) is 0 Å². The van der Waals surface area contributed by atoms with E-state index in [9.17, 15) is 8.42 Å². The Bertz CT molecular complexity index is 984. The quantitative estimate of drug-likeness (QED) is 0.675. The van der Waals surface area contributed by atoms with E-state index in [0.29, 0.717) is 17.1 Å². The second-order valence-corrected chi connectivity index (χ2v) is 7.00. The molecule has 0 amide bonds. The molecule has 0 bridgehead atoms. The Hall–Kier alpha value is -2.91. The summed E-state index contributed by atoms with van der Waals surface area (Å²) >= 11 is 0. The van der Waals surface area contributed by atoms with Crippen LogP contribution in [0.25, 0.3) is 11.5 Å². The monoisotopic (exact) mass is 375 g/mol. The molecule has 9 heteroatoms. The fourth-order valence-electron chi connectivity index (χ4n) is 2.19. The van der Waals surface area contributed by atoms with E-state index in [4.69, 9.17) is 13.9 Å². The van der Waals surface area contributed by atoms with E-state index in [2.05, 4.69) is 14.9 Å². The fourth-order valence-corrected chi connectivity index (χ4v) is 3.17. The number of benzene rings is 2. The van der Waals surface area contributed by atoms with Gasteiger partial charge in [0.2, 0.25) is 21.8 Å². The summed E-state index contributed by atoms with van der Waals surface area (Å²) in [6.07, 6.45) is 0. The Kier molecular flexibility index (Phi) is 5.19. The van der Waals surface area contributed by atoms with Gasteiger partial charge in [-0.3, -0.25) is 0 Å².